The van der Waals surface area contributed by atoms with Gasteiger partial charge in [0.1, 0.15) is 29.9 Å². The van der Waals surface area contributed by atoms with Gasteiger partial charge in [0.2, 0.25) is 5.91 Å². The summed E-state index contributed by atoms with van der Waals surface area (Å²) in [5.41, 5.74) is -0.673. The quantitative estimate of drug-likeness (QED) is 0.336. The molecule has 0 aromatic carbocycles. The molecule has 8 atom stereocenters. The zero-order chi connectivity index (χ0) is 22.3. The first-order valence-corrected chi connectivity index (χ1v) is 12.4. The summed E-state index contributed by atoms with van der Waals surface area (Å²) >= 11 is 1.26. The molecule has 9 heteroatoms. The Balaban J connectivity index is 1.98. The van der Waals surface area contributed by atoms with E-state index < -0.39 is 35.9 Å². The summed E-state index contributed by atoms with van der Waals surface area (Å²) in [7, 11) is 0. The van der Waals surface area contributed by atoms with Gasteiger partial charge in [0.25, 0.3) is 0 Å². The third-order valence-corrected chi connectivity index (χ3v) is 7.19. The molecule has 7 nitrogen and oxygen atoms in total. The lowest BCUT2D eigenvalue weighted by molar-refractivity contribution is -0.208. The Morgan fingerprint density at radius 2 is 1.90 bits per heavy atom. The van der Waals surface area contributed by atoms with Crippen LogP contribution in [-0.4, -0.2) is 82.6 Å². The van der Waals surface area contributed by atoms with Crippen LogP contribution in [0.15, 0.2) is 0 Å². The van der Waals surface area contributed by atoms with E-state index in [2.05, 4.69) is 10.6 Å². The van der Waals surface area contributed by atoms with Crippen LogP contribution < -0.4 is 10.6 Å². The average Bonchev–Trinajstić information content (AvgIpc) is 2.97. The molecule has 176 valence electrons. The van der Waals surface area contributed by atoms with E-state index >= 15 is 0 Å². The zero-order valence-electron chi connectivity index (χ0n) is 18.3. The van der Waals surface area contributed by atoms with Gasteiger partial charge in [-0.1, -0.05) is 26.7 Å². The fourth-order valence-electron chi connectivity index (χ4n) is 4.41. The highest BCUT2D eigenvalue weighted by atomic mass is 32.2. The first-order chi connectivity index (χ1) is 14.3. The minimum atomic E-state index is -1.33. The fourth-order valence-corrected chi connectivity index (χ4v) is 5.09. The van der Waals surface area contributed by atoms with Gasteiger partial charge < -0.3 is 30.7 Å². The van der Waals surface area contributed by atoms with E-state index in [1.54, 1.807) is 6.26 Å². The van der Waals surface area contributed by atoms with E-state index in [1.165, 1.54) is 11.8 Å². The molecule has 1 amide bonds. The summed E-state index contributed by atoms with van der Waals surface area (Å²) in [4.78, 5) is 13.0. The van der Waals surface area contributed by atoms with Gasteiger partial charge in [0.15, 0.2) is 0 Å². The number of carbonyl (C=O) groups excluding carboxylic acids is 1. The Kier molecular flexibility index (Phi) is 10.8. The molecule has 1 unspecified atom stereocenters. The molecule has 2 saturated heterocycles. The molecule has 2 heterocycles. The van der Waals surface area contributed by atoms with Crippen molar-refractivity contribution in [3.8, 4) is 0 Å². The van der Waals surface area contributed by atoms with Crippen LogP contribution in [0.25, 0.3) is 0 Å². The lowest BCUT2D eigenvalue weighted by Crippen LogP contribution is -2.64. The fraction of sp³-hybridized carbons (Fsp3) is 0.952. The Hall–Kier alpha value is -0.450. The molecule has 2 aliphatic heterocycles. The number of thioether (sulfide) groups is 1. The van der Waals surface area contributed by atoms with Gasteiger partial charge in [-0.05, 0) is 50.3 Å². The molecule has 0 aliphatic carbocycles. The van der Waals surface area contributed by atoms with E-state index in [9.17, 15) is 24.5 Å². The van der Waals surface area contributed by atoms with Crippen LogP contribution in [-0.2, 0) is 9.53 Å². The van der Waals surface area contributed by atoms with E-state index in [0.29, 0.717) is 18.8 Å². The van der Waals surface area contributed by atoms with Crippen LogP contribution in [0, 0.1) is 11.8 Å². The van der Waals surface area contributed by atoms with Crippen molar-refractivity contribution >= 4 is 17.7 Å². The molecule has 30 heavy (non-hydrogen) atoms. The number of amides is 1. The largest absolute Gasteiger partial charge is 0.388 e. The van der Waals surface area contributed by atoms with Crippen LogP contribution in [0.1, 0.15) is 52.4 Å². The molecule has 2 rings (SSSR count). The van der Waals surface area contributed by atoms with Crippen molar-refractivity contribution in [1.29, 1.82) is 0 Å². The highest BCUT2D eigenvalue weighted by molar-refractivity contribution is 7.99. The maximum absolute atomic E-state index is 13.0. The number of halogens is 1. The van der Waals surface area contributed by atoms with Crippen LogP contribution >= 0.6 is 11.8 Å². The number of hydrogen-bond acceptors (Lipinski definition) is 7. The summed E-state index contributed by atoms with van der Waals surface area (Å²) in [6, 6.07) is -0.834. The number of unbranched alkanes of at least 4 members (excludes halogenated alkanes) is 1. The summed E-state index contributed by atoms with van der Waals surface area (Å²) in [5.74, 6) is 0.318. The molecule has 0 radical (unpaired) electrons. The SMILES string of the molecule is CS[C@H]1OC([C@H](NC(=O)[C@@H]2CC[C@H](CCCCF)CCN2)C(C)C)[C@H](O)[C@H](O)[C@H]1O. The number of nitrogens with one attached hydrogen (secondary N) is 2. The van der Waals surface area contributed by atoms with Gasteiger partial charge in [0.05, 0.1) is 18.8 Å². The second-order valence-electron chi connectivity index (χ2n) is 8.88. The van der Waals surface area contributed by atoms with E-state index in [1.807, 2.05) is 13.8 Å². The monoisotopic (exact) mass is 450 g/mol. The molecule has 2 fully saturated rings. The number of aliphatic hydroxyl groups is 3. The van der Waals surface area contributed by atoms with Crippen molar-refractivity contribution in [2.75, 3.05) is 19.5 Å². The van der Waals surface area contributed by atoms with Crippen LogP contribution in [0.2, 0.25) is 0 Å². The highest BCUT2D eigenvalue weighted by Crippen LogP contribution is 2.30. The number of hydrogen-bond donors (Lipinski definition) is 5. The van der Waals surface area contributed by atoms with Crippen molar-refractivity contribution in [2.24, 2.45) is 11.8 Å². The molecule has 0 spiro atoms. The zero-order valence-corrected chi connectivity index (χ0v) is 19.1. The Morgan fingerprint density at radius 1 is 1.17 bits per heavy atom. The second kappa shape index (κ2) is 12.6. The van der Waals surface area contributed by atoms with Gasteiger partial charge in [-0.3, -0.25) is 9.18 Å². The second-order valence-corrected chi connectivity index (χ2v) is 9.81. The Bertz CT molecular complexity index is 528. The van der Waals surface area contributed by atoms with Crippen molar-refractivity contribution < 1.29 is 29.2 Å². The third-order valence-electron chi connectivity index (χ3n) is 6.34. The first kappa shape index (κ1) is 25.8. The normalized spacial score (nSPS) is 36.3. The summed E-state index contributed by atoms with van der Waals surface area (Å²) < 4.78 is 18.2. The standard InChI is InChI=1S/C21H39FN2O5S/c1-12(2)15(19-17(26)16(25)18(27)21(29-19)30-3)24-20(28)14-8-7-13(9-11-23-14)6-4-5-10-22/h12-19,21,23,25-27H,4-11H2,1-3H3,(H,24,28)/t13-,14-,15+,16-,17+,18+,19?,21+/m0/s1. The van der Waals surface area contributed by atoms with Gasteiger partial charge >= 0.3 is 0 Å². The molecular formula is C21H39FN2O5S. The summed E-state index contributed by atoms with van der Waals surface area (Å²) in [6.45, 7) is 4.32. The van der Waals surface area contributed by atoms with Gasteiger partial charge in [-0.15, -0.1) is 11.8 Å². The van der Waals surface area contributed by atoms with E-state index in [0.717, 1.165) is 32.2 Å². The maximum Gasteiger partial charge on any atom is 0.237 e. The number of alkyl halides is 1. The topological polar surface area (TPSA) is 111 Å². The van der Waals surface area contributed by atoms with Gasteiger partial charge in [-0.25, -0.2) is 0 Å². The van der Waals surface area contributed by atoms with Gasteiger partial charge in [-0.2, -0.15) is 0 Å². The molecule has 0 aromatic heterocycles. The van der Waals surface area contributed by atoms with Crippen molar-refractivity contribution in [1.82, 2.24) is 10.6 Å². The molecular weight excluding hydrogens is 411 g/mol. The smallest absolute Gasteiger partial charge is 0.237 e. The minimum Gasteiger partial charge on any atom is -0.388 e. The third kappa shape index (κ3) is 6.77. The van der Waals surface area contributed by atoms with E-state index in [-0.39, 0.29) is 24.5 Å². The maximum atomic E-state index is 13.0. The van der Waals surface area contributed by atoms with E-state index in [4.69, 9.17) is 4.74 Å². The lowest BCUT2D eigenvalue weighted by Gasteiger charge is -2.44. The number of rotatable bonds is 9. The van der Waals surface area contributed by atoms with Crippen LogP contribution in [0.4, 0.5) is 4.39 Å². The predicted molar refractivity (Wildman–Crippen MR) is 116 cm³/mol. The number of ether oxygens (including phenoxy) is 1. The first-order valence-electron chi connectivity index (χ1n) is 11.1. The van der Waals surface area contributed by atoms with Crippen molar-refractivity contribution in [3.63, 3.8) is 0 Å². The molecule has 0 saturated carbocycles. The summed E-state index contributed by atoms with van der Waals surface area (Å²) in [5, 5.41) is 37.2. The lowest BCUT2D eigenvalue weighted by atomic mass is 9.88. The minimum absolute atomic E-state index is 0.0437. The van der Waals surface area contributed by atoms with Crippen molar-refractivity contribution in [2.45, 2.75) is 94.3 Å². The number of aliphatic hydroxyl groups excluding tert-OH is 3. The van der Waals surface area contributed by atoms with Gasteiger partial charge in [0, 0.05) is 0 Å². The highest BCUT2D eigenvalue weighted by Gasteiger charge is 2.47. The number of carbonyl (C=O) groups is 1. The summed E-state index contributed by atoms with van der Waals surface area (Å²) in [6.07, 6.45) is 2.22. The Labute approximate surface area is 183 Å². The molecule has 2 aliphatic rings. The van der Waals surface area contributed by atoms with Crippen molar-refractivity contribution in [3.05, 3.63) is 0 Å². The molecule has 0 aromatic rings. The van der Waals surface area contributed by atoms with Crippen LogP contribution in [0.3, 0.4) is 0 Å². The average molecular weight is 451 g/mol. The predicted octanol–water partition coefficient (Wildman–Crippen LogP) is 1.20. The molecule has 5 N–H and O–H groups in total. The Morgan fingerprint density at radius 3 is 2.53 bits per heavy atom. The van der Waals surface area contributed by atoms with Crippen LogP contribution in [0.5, 0.6) is 0 Å². The molecule has 0 bridgehead atoms.